The van der Waals surface area contributed by atoms with E-state index in [4.69, 9.17) is 0 Å². The fourth-order valence-corrected chi connectivity index (χ4v) is 3.73. The van der Waals surface area contributed by atoms with Gasteiger partial charge < -0.3 is 0 Å². The summed E-state index contributed by atoms with van der Waals surface area (Å²) in [5.74, 6) is 0. The van der Waals surface area contributed by atoms with Gasteiger partial charge >= 0.3 is 0 Å². The van der Waals surface area contributed by atoms with E-state index in [9.17, 15) is 0 Å². The summed E-state index contributed by atoms with van der Waals surface area (Å²) in [5, 5.41) is 0. The van der Waals surface area contributed by atoms with Crippen LogP contribution in [0.25, 0.3) is 0 Å². The van der Waals surface area contributed by atoms with Gasteiger partial charge in [0.2, 0.25) is 6.17 Å². The molecule has 27 heavy (non-hydrogen) atoms. The number of rotatable bonds is 16. The highest BCUT2D eigenvalue weighted by Crippen LogP contribution is 2.20. The normalized spacial score (nSPS) is 13.0. The van der Waals surface area contributed by atoms with Gasteiger partial charge in [-0.2, -0.15) is 0 Å². The molecule has 0 unspecified atom stereocenters. The van der Waals surface area contributed by atoms with E-state index in [-0.39, 0.29) is 0 Å². The minimum atomic E-state index is 0.832. The Morgan fingerprint density at radius 1 is 0.593 bits per heavy atom. The lowest BCUT2D eigenvalue weighted by atomic mass is 10.0. The van der Waals surface area contributed by atoms with E-state index in [1.54, 1.807) is 12.4 Å². The lowest BCUT2D eigenvalue weighted by molar-refractivity contribution is 0.535. The van der Waals surface area contributed by atoms with Gasteiger partial charge in [0.1, 0.15) is 18.0 Å². The molecular weight excluding hydrogens is 328 g/mol. The number of aryl methyl sites for hydroxylation is 1. The minimum Gasteiger partial charge on any atom is -0.147 e. The number of unbranched alkanes of at least 4 members (excludes halogenated alkanes) is 13. The fraction of sp³-hybridized carbons (Fsp3) is 0.640. The number of aliphatic imine (C=N–C) groups is 2. The Labute approximate surface area is 167 Å². The Hall–Kier alpha value is -1.57. The molecule has 0 fully saturated rings. The van der Waals surface area contributed by atoms with Crippen LogP contribution in [0.15, 0.2) is 34.3 Å². The third-order valence-electron chi connectivity index (χ3n) is 5.49. The predicted octanol–water partition coefficient (Wildman–Crippen LogP) is 7.70. The first-order chi connectivity index (χ1) is 13.4. The monoisotopic (exact) mass is 367 g/mol. The smallest absolute Gasteiger partial charge is 0.147 e. The molecule has 1 aliphatic heterocycles. The number of nitrogens with zero attached hydrogens (tertiary/aromatic N) is 2. The average molecular weight is 368 g/mol. The van der Waals surface area contributed by atoms with Gasteiger partial charge in [-0.25, -0.2) is 0 Å². The second-order valence-electron chi connectivity index (χ2n) is 7.92. The molecule has 1 heterocycles. The van der Waals surface area contributed by atoms with Crippen molar-refractivity contribution in [2.24, 2.45) is 9.98 Å². The van der Waals surface area contributed by atoms with Crippen molar-refractivity contribution < 1.29 is 0 Å². The van der Waals surface area contributed by atoms with Crippen LogP contribution in [0, 0.1) is 6.17 Å². The molecule has 2 heteroatoms. The van der Waals surface area contributed by atoms with Crippen molar-refractivity contribution in [3.63, 3.8) is 0 Å². The highest BCUT2D eigenvalue weighted by molar-refractivity contribution is 6.18. The van der Waals surface area contributed by atoms with Crippen LogP contribution in [-0.4, -0.2) is 12.4 Å². The second kappa shape index (κ2) is 14.5. The highest BCUT2D eigenvalue weighted by atomic mass is 15.0. The molecule has 0 aliphatic carbocycles. The van der Waals surface area contributed by atoms with Crippen LogP contribution < -0.4 is 0 Å². The van der Waals surface area contributed by atoms with Crippen molar-refractivity contribution in [3.8, 4) is 0 Å². The maximum absolute atomic E-state index is 4.25. The first-order valence-corrected chi connectivity index (χ1v) is 11.4. The van der Waals surface area contributed by atoms with Crippen molar-refractivity contribution in [2.45, 2.75) is 103 Å². The molecule has 0 bridgehead atoms. The van der Waals surface area contributed by atoms with Crippen LogP contribution in [0.1, 0.15) is 108 Å². The Bertz CT molecular complexity index is 518. The van der Waals surface area contributed by atoms with Gasteiger partial charge in [0.05, 0.1) is 0 Å². The molecule has 2 rings (SSSR count). The third kappa shape index (κ3) is 9.79. The van der Waals surface area contributed by atoms with Crippen molar-refractivity contribution in [1.82, 2.24) is 0 Å². The standard InChI is InChI=1S/C25H39N2/c1-2-3-4-5-6-7-8-9-10-11-12-13-14-15-16-23-17-19-24(20-18-23)25-26-21-22-27-25/h17-22H,2-16H2,1H3/q+1. The SMILES string of the molecule is CCCCCCCCCCCCCCCCc1ccc([C+]2N=CC=N2)cc1. The molecule has 0 atom stereocenters. The molecule has 0 aromatic heterocycles. The van der Waals surface area contributed by atoms with Gasteiger partial charge in [0.15, 0.2) is 0 Å². The molecule has 0 saturated carbocycles. The minimum absolute atomic E-state index is 0.832. The first kappa shape index (κ1) is 21.7. The summed E-state index contributed by atoms with van der Waals surface area (Å²) in [5.41, 5.74) is 2.55. The van der Waals surface area contributed by atoms with Gasteiger partial charge in [0, 0.05) is 12.1 Å². The molecule has 148 valence electrons. The molecule has 1 aliphatic rings. The van der Waals surface area contributed by atoms with Gasteiger partial charge in [-0.1, -0.05) is 90.4 Å². The van der Waals surface area contributed by atoms with E-state index < -0.39 is 0 Å². The predicted molar refractivity (Wildman–Crippen MR) is 120 cm³/mol. The summed E-state index contributed by atoms with van der Waals surface area (Å²) in [4.78, 5) is 8.49. The largest absolute Gasteiger partial charge is 0.243 e. The zero-order valence-electron chi connectivity index (χ0n) is 17.5. The fourth-order valence-electron chi connectivity index (χ4n) is 3.73. The van der Waals surface area contributed by atoms with Crippen molar-refractivity contribution in [2.75, 3.05) is 0 Å². The van der Waals surface area contributed by atoms with E-state index in [0.717, 1.165) is 11.7 Å². The first-order valence-electron chi connectivity index (χ1n) is 11.4. The van der Waals surface area contributed by atoms with E-state index in [1.165, 1.54) is 102 Å². The van der Waals surface area contributed by atoms with E-state index in [2.05, 4.69) is 41.2 Å². The third-order valence-corrected chi connectivity index (χ3v) is 5.49. The average Bonchev–Trinajstić information content (AvgIpc) is 3.23. The molecule has 0 amide bonds. The Balaban J connectivity index is 1.37. The summed E-state index contributed by atoms with van der Waals surface area (Å²) >= 11 is 0. The van der Waals surface area contributed by atoms with Crippen LogP contribution in [0.4, 0.5) is 0 Å². The lowest BCUT2D eigenvalue weighted by Crippen LogP contribution is -1.92. The number of hydrogen-bond donors (Lipinski definition) is 0. The lowest BCUT2D eigenvalue weighted by Gasteiger charge is -2.04. The maximum Gasteiger partial charge on any atom is 0.243 e. The summed E-state index contributed by atoms with van der Waals surface area (Å²) in [6.45, 7) is 2.29. The second-order valence-corrected chi connectivity index (χ2v) is 7.92. The molecular formula is C25H39N2+. The Kier molecular flexibility index (Phi) is 11.7. The van der Waals surface area contributed by atoms with Crippen LogP contribution in [0.3, 0.4) is 0 Å². The molecule has 0 radical (unpaired) electrons. The Morgan fingerprint density at radius 3 is 1.52 bits per heavy atom. The van der Waals surface area contributed by atoms with Crippen LogP contribution in [0.5, 0.6) is 0 Å². The van der Waals surface area contributed by atoms with Gasteiger partial charge in [-0.15, -0.1) is 9.98 Å². The highest BCUT2D eigenvalue weighted by Gasteiger charge is 2.17. The van der Waals surface area contributed by atoms with E-state index in [0.29, 0.717) is 0 Å². The van der Waals surface area contributed by atoms with Crippen molar-refractivity contribution >= 4 is 12.4 Å². The van der Waals surface area contributed by atoms with Crippen LogP contribution in [-0.2, 0) is 6.42 Å². The Morgan fingerprint density at radius 2 is 1.04 bits per heavy atom. The molecule has 2 nitrogen and oxygen atoms in total. The van der Waals surface area contributed by atoms with Gasteiger partial charge in [-0.05, 0) is 30.5 Å². The van der Waals surface area contributed by atoms with E-state index >= 15 is 0 Å². The molecule has 0 spiro atoms. The molecule has 1 aromatic carbocycles. The molecule has 0 saturated heterocycles. The molecule has 1 aromatic rings. The number of benzene rings is 1. The van der Waals surface area contributed by atoms with Gasteiger partial charge in [-0.3, -0.25) is 0 Å². The summed E-state index contributed by atoms with van der Waals surface area (Å²) in [7, 11) is 0. The van der Waals surface area contributed by atoms with Crippen molar-refractivity contribution in [3.05, 3.63) is 41.6 Å². The zero-order valence-corrected chi connectivity index (χ0v) is 17.5. The maximum atomic E-state index is 4.25. The number of hydrogen-bond acceptors (Lipinski definition) is 2. The zero-order chi connectivity index (χ0) is 19.0. The van der Waals surface area contributed by atoms with Crippen LogP contribution in [0.2, 0.25) is 0 Å². The molecule has 0 N–H and O–H groups in total. The topological polar surface area (TPSA) is 24.7 Å². The van der Waals surface area contributed by atoms with E-state index in [1.807, 2.05) is 0 Å². The van der Waals surface area contributed by atoms with Gasteiger partial charge in [0.25, 0.3) is 0 Å². The van der Waals surface area contributed by atoms with Crippen LogP contribution >= 0.6 is 0 Å². The summed E-state index contributed by atoms with van der Waals surface area (Å²) < 4.78 is 0. The van der Waals surface area contributed by atoms with Crippen molar-refractivity contribution in [1.29, 1.82) is 0 Å². The quantitative estimate of drug-likeness (QED) is 0.211. The summed E-state index contributed by atoms with van der Waals surface area (Å²) in [6, 6.07) is 8.75. The summed E-state index contributed by atoms with van der Waals surface area (Å²) in [6.07, 6.45) is 25.4.